The van der Waals surface area contributed by atoms with Crippen molar-refractivity contribution in [1.29, 1.82) is 0 Å². The molecule has 4 aromatic rings. The molecule has 2 aromatic heterocycles. The molecule has 40 heavy (non-hydrogen) atoms. The SMILES string of the molecule is O=C(NCCCCNCCNc1cccc2c1OCCCC2)c1cn(S(=O)(=O)c2ccccc2)c2ncccc12. The van der Waals surface area contributed by atoms with E-state index in [-0.39, 0.29) is 22.0 Å². The largest absolute Gasteiger partial charge is 0.491 e. The van der Waals surface area contributed by atoms with Crippen LogP contribution in [0, 0.1) is 0 Å². The number of hydrogen-bond donors (Lipinski definition) is 3. The molecule has 0 aliphatic carbocycles. The van der Waals surface area contributed by atoms with E-state index in [1.54, 1.807) is 30.3 Å². The number of ether oxygens (including phenoxy) is 1. The summed E-state index contributed by atoms with van der Waals surface area (Å²) in [5.74, 6) is 0.675. The predicted molar refractivity (Wildman–Crippen MR) is 157 cm³/mol. The molecule has 5 rings (SSSR count). The number of carbonyl (C=O) groups is 1. The van der Waals surface area contributed by atoms with E-state index in [1.807, 2.05) is 0 Å². The molecular weight excluding hydrogens is 526 g/mol. The molecule has 10 heteroatoms. The fourth-order valence-electron chi connectivity index (χ4n) is 4.87. The van der Waals surface area contributed by atoms with Gasteiger partial charge in [-0.2, -0.15) is 0 Å². The van der Waals surface area contributed by atoms with Crippen molar-refractivity contribution in [2.24, 2.45) is 0 Å². The minimum absolute atomic E-state index is 0.138. The van der Waals surface area contributed by atoms with Crippen molar-refractivity contribution in [2.75, 3.05) is 38.1 Å². The third-order valence-corrected chi connectivity index (χ3v) is 8.61. The van der Waals surface area contributed by atoms with Crippen LogP contribution in [0.3, 0.4) is 0 Å². The van der Waals surface area contributed by atoms with Crippen LogP contribution in [0.1, 0.15) is 41.6 Å². The minimum atomic E-state index is -3.89. The van der Waals surface area contributed by atoms with Crippen molar-refractivity contribution in [3.63, 3.8) is 0 Å². The van der Waals surface area contributed by atoms with Gasteiger partial charge in [0.15, 0.2) is 5.65 Å². The molecular formula is C30H35N5O4S. The Kier molecular flexibility index (Phi) is 8.98. The number of benzene rings is 2. The van der Waals surface area contributed by atoms with Crippen LogP contribution in [0.25, 0.3) is 11.0 Å². The quantitative estimate of drug-likeness (QED) is 0.222. The number of hydrogen-bond acceptors (Lipinski definition) is 7. The van der Waals surface area contributed by atoms with Crippen molar-refractivity contribution >= 4 is 32.7 Å². The summed E-state index contributed by atoms with van der Waals surface area (Å²) >= 11 is 0. The number of carbonyl (C=O) groups excluding carboxylic acids is 1. The summed E-state index contributed by atoms with van der Waals surface area (Å²) in [5, 5.41) is 10.3. The van der Waals surface area contributed by atoms with Crippen LogP contribution >= 0.6 is 0 Å². The summed E-state index contributed by atoms with van der Waals surface area (Å²) < 4.78 is 33.5. The van der Waals surface area contributed by atoms with E-state index in [9.17, 15) is 13.2 Å². The Bertz CT molecular complexity index is 1550. The summed E-state index contributed by atoms with van der Waals surface area (Å²) in [6, 6.07) is 17.8. The van der Waals surface area contributed by atoms with Gasteiger partial charge >= 0.3 is 0 Å². The van der Waals surface area contributed by atoms with Gasteiger partial charge < -0.3 is 20.7 Å². The van der Waals surface area contributed by atoms with Gasteiger partial charge in [0.05, 0.1) is 22.8 Å². The van der Waals surface area contributed by atoms with Crippen LogP contribution in [-0.4, -0.2) is 56.1 Å². The van der Waals surface area contributed by atoms with Crippen LogP contribution in [0.15, 0.2) is 78.0 Å². The molecule has 0 radical (unpaired) electrons. The fourth-order valence-corrected chi connectivity index (χ4v) is 6.21. The highest BCUT2D eigenvalue weighted by Crippen LogP contribution is 2.32. The molecule has 9 nitrogen and oxygen atoms in total. The smallest absolute Gasteiger partial charge is 0.269 e. The number of nitrogens with zero attached hydrogens (tertiary/aromatic N) is 2. The summed E-state index contributed by atoms with van der Waals surface area (Å²) in [4.78, 5) is 17.4. The van der Waals surface area contributed by atoms with Crippen LogP contribution < -0.4 is 20.7 Å². The second-order valence-electron chi connectivity index (χ2n) is 9.77. The predicted octanol–water partition coefficient (Wildman–Crippen LogP) is 4.20. The maximum Gasteiger partial charge on any atom is 0.269 e. The van der Waals surface area contributed by atoms with Gasteiger partial charge in [0.1, 0.15) is 5.75 Å². The maximum absolute atomic E-state index is 13.2. The van der Waals surface area contributed by atoms with Crippen molar-refractivity contribution in [3.05, 3.63) is 84.2 Å². The monoisotopic (exact) mass is 561 g/mol. The first-order valence-corrected chi connectivity index (χ1v) is 15.2. The molecule has 3 heterocycles. The Hall–Kier alpha value is -3.89. The van der Waals surface area contributed by atoms with Crippen molar-refractivity contribution < 1.29 is 17.9 Å². The number of pyridine rings is 1. The molecule has 210 valence electrons. The molecule has 0 saturated heterocycles. The van der Waals surface area contributed by atoms with Crippen LogP contribution in [-0.2, 0) is 16.4 Å². The lowest BCUT2D eigenvalue weighted by atomic mass is 10.1. The average Bonchev–Trinajstić information content (AvgIpc) is 3.21. The Balaban J connectivity index is 1.07. The lowest BCUT2D eigenvalue weighted by Crippen LogP contribution is -2.26. The lowest BCUT2D eigenvalue weighted by Gasteiger charge is -2.15. The minimum Gasteiger partial charge on any atom is -0.491 e. The number of aryl methyl sites for hydroxylation is 1. The van der Waals surface area contributed by atoms with Gasteiger partial charge in [0, 0.05) is 37.4 Å². The fraction of sp³-hybridized carbons (Fsp3) is 0.333. The molecule has 0 saturated carbocycles. The van der Waals surface area contributed by atoms with Crippen LogP contribution in [0.4, 0.5) is 5.69 Å². The standard InChI is InChI=1S/C30H35N5O4S/c36-30(26-22-35(29-25(26)14-9-18-33-29)40(37,38)24-12-2-1-3-13-24)34-17-6-5-16-31-19-20-32-27-15-8-11-23-10-4-7-21-39-28(23)27/h1-3,8-9,11-15,18,22,31-32H,4-7,10,16-17,19-21H2,(H,34,36). The number of anilines is 1. The van der Waals surface area contributed by atoms with Crippen molar-refractivity contribution in [2.45, 2.75) is 37.0 Å². The van der Waals surface area contributed by atoms with Gasteiger partial charge in [-0.3, -0.25) is 4.79 Å². The molecule has 0 spiro atoms. The Morgan fingerprint density at radius 2 is 1.77 bits per heavy atom. The van der Waals surface area contributed by atoms with Gasteiger partial charge in [-0.1, -0.05) is 30.3 Å². The zero-order valence-electron chi connectivity index (χ0n) is 22.4. The number of amides is 1. The van der Waals surface area contributed by atoms with E-state index in [4.69, 9.17) is 4.74 Å². The second-order valence-corrected chi connectivity index (χ2v) is 11.6. The van der Waals surface area contributed by atoms with Gasteiger partial charge in [-0.05, 0) is 74.5 Å². The van der Waals surface area contributed by atoms with E-state index in [0.717, 1.165) is 73.8 Å². The third-order valence-electron chi connectivity index (χ3n) is 6.94. The molecule has 1 amide bonds. The van der Waals surface area contributed by atoms with Crippen LogP contribution in [0.5, 0.6) is 5.75 Å². The first-order valence-electron chi connectivity index (χ1n) is 13.8. The second kappa shape index (κ2) is 13.0. The summed E-state index contributed by atoms with van der Waals surface area (Å²) in [7, 11) is -3.89. The molecule has 0 atom stereocenters. The highest BCUT2D eigenvalue weighted by atomic mass is 32.2. The summed E-state index contributed by atoms with van der Waals surface area (Å²) in [6.07, 6.45) is 7.89. The number of aromatic nitrogens is 2. The van der Waals surface area contributed by atoms with E-state index in [0.29, 0.717) is 11.9 Å². The first-order chi connectivity index (χ1) is 19.6. The number of fused-ring (bicyclic) bond motifs is 2. The number of unbranched alkanes of at least 4 members (excludes halogenated alkanes) is 1. The first kappa shape index (κ1) is 27.7. The van der Waals surface area contributed by atoms with Crippen molar-refractivity contribution in [3.8, 4) is 5.75 Å². The molecule has 2 aromatic carbocycles. The molecule has 0 bridgehead atoms. The van der Waals surface area contributed by atoms with Gasteiger partial charge in [0.2, 0.25) is 0 Å². The van der Waals surface area contributed by atoms with Crippen molar-refractivity contribution in [1.82, 2.24) is 19.6 Å². The number of para-hydroxylation sites is 1. The van der Waals surface area contributed by atoms with E-state index >= 15 is 0 Å². The zero-order chi connectivity index (χ0) is 27.8. The normalized spacial score (nSPS) is 13.3. The topological polar surface area (TPSA) is 114 Å². The highest BCUT2D eigenvalue weighted by molar-refractivity contribution is 7.90. The molecule has 3 N–H and O–H groups in total. The van der Waals surface area contributed by atoms with Crippen LogP contribution in [0.2, 0.25) is 0 Å². The summed E-state index contributed by atoms with van der Waals surface area (Å²) in [6.45, 7) is 3.70. The molecule has 0 fully saturated rings. The molecule has 0 unspecified atom stereocenters. The van der Waals surface area contributed by atoms with E-state index in [1.165, 1.54) is 30.1 Å². The Morgan fingerprint density at radius 1 is 0.925 bits per heavy atom. The van der Waals surface area contributed by atoms with Gasteiger partial charge in [-0.15, -0.1) is 0 Å². The summed E-state index contributed by atoms with van der Waals surface area (Å²) in [5.41, 5.74) is 2.84. The lowest BCUT2D eigenvalue weighted by molar-refractivity contribution is 0.0954. The number of rotatable bonds is 12. The maximum atomic E-state index is 13.2. The zero-order valence-corrected chi connectivity index (χ0v) is 23.3. The van der Waals surface area contributed by atoms with E-state index < -0.39 is 10.0 Å². The third kappa shape index (κ3) is 6.29. The Morgan fingerprint density at radius 3 is 2.65 bits per heavy atom. The van der Waals surface area contributed by atoms with E-state index in [2.05, 4.69) is 39.1 Å². The molecule has 1 aliphatic rings. The Labute approximate surface area is 235 Å². The van der Waals surface area contributed by atoms with Gasteiger partial charge in [-0.25, -0.2) is 17.4 Å². The number of nitrogens with one attached hydrogen (secondary N) is 3. The molecule has 1 aliphatic heterocycles. The average molecular weight is 562 g/mol. The highest BCUT2D eigenvalue weighted by Gasteiger charge is 2.24. The van der Waals surface area contributed by atoms with Gasteiger partial charge in [0.25, 0.3) is 15.9 Å².